The zero-order chi connectivity index (χ0) is 10.1. The first-order valence-electron chi connectivity index (χ1n) is 4.72. The van der Waals surface area contributed by atoms with E-state index in [1.54, 1.807) is 0 Å². The molecule has 1 heterocycles. The maximum Gasteiger partial charge on any atom is 0.223 e. The molecule has 0 saturated heterocycles. The Kier molecular flexibility index (Phi) is 2.79. The van der Waals surface area contributed by atoms with Gasteiger partial charge in [0, 0.05) is 10.8 Å². The molecule has 1 amide bonds. The molecule has 1 saturated carbocycles. The van der Waals surface area contributed by atoms with Crippen LogP contribution in [0.5, 0.6) is 0 Å². The van der Waals surface area contributed by atoms with Crippen molar-refractivity contribution < 1.29 is 4.79 Å². The molecule has 4 heteroatoms. The maximum absolute atomic E-state index is 11.5. The molecule has 0 aromatic carbocycles. The van der Waals surface area contributed by atoms with Gasteiger partial charge >= 0.3 is 0 Å². The smallest absolute Gasteiger partial charge is 0.223 e. The molecule has 76 valence electrons. The SMILES string of the molecule is CC(NC(=O)C1CC1)c1ccc(Cl)s1. The predicted octanol–water partition coefficient (Wildman–Crippen LogP) is 2.99. The third-order valence-electron chi connectivity index (χ3n) is 2.33. The summed E-state index contributed by atoms with van der Waals surface area (Å²) in [5.41, 5.74) is 0. The van der Waals surface area contributed by atoms with E-state index in [-0.39, 0.29) is 17.9 Å². The standard InChI is InChI=1S/C10H12ClNOS/c1-6(8-4-5-9(11)14-8)12-10(13)7-2-3-7/h4-7H,2-3H2,1H3,(H,12,13). The van der Waals surface area contributed by atoms with Gasteiger partial charge in [-0.05, 0) is 31.9 Å². The van der Waals surface area contributed by atoms with Crippen LogP contribution in [0.4, 0.5) is 0 Å². The molecule has 0 bridgehead atoms. The first kappa shape index (κ1) is 9.99. The second-order valence-electron chi connectivity index (χ2n) is 3.65. The van der Waals surface area contributed by atoms with Crippen LogP contribution < -0.4 is 5.32 Å². The molecule has 14 heavy (non-hydrogen) atoms. The highest BCUT2D eigenvalue weighted by molar-refractivity contribution is 7.16. The summed E-state index contributed by atoms with van der Waals surface area (Å²) in [6.07, 6.45) is 2.09. The lowest BCUT2D eigenvalue weighted by atomic mass is 10.2. The number of carbonyl (C=O) groups is 1. The van der Waals surface area contributed by atoms with E-state index in [1.165, 1.54) is 11.3 Å². The van der Waals surface area contributed by atoms with E-state index in [9.17, 15) is 4.79 Å². The average Bonchev–Trinajstić information content (AvgIpc) is 2.89. The Morgan fingerprint density at radius 3 is 2.86 bits per heavy atom. The fraction of sp³-hybridized carbons (Fsp3) is 0.500. The Bertz CT molecular complexity index is 346. The molecule has 1 fully saturated rings. The van der Waals surface area contributed by atoms with Gasteiger partial charge in [-0.15, -0.1) is 11.3 Å². The van der Waals surface area contributed by atoms with Crippen LogP contribution in [0.15, 0.2) is 12.1 Å². The molecule has 1 aromatic rings. The van der Waals surface area contributed by atoms with Gasteiger partial charge in [-0.1, -0.05) is 11.6 Å². The molecule has 0 spiro atoms. The summed E-state index contributed by atoms with van der Waals surface area (Å²) in [5.74, 6) is 0.454. The molecule has 0 aliphatic heterocycles. The van der Waals surface area contributed by atoms with E-state index < -0.39 is 0 Å². The third kappa shape index (κ3) is 2.28. The summed E-state index contributed by atoms with van der Waals surface area (Å²) in [5, 5.41) is 2.98. The third-order valence-corrected chi connectivity index (χ3v) is 3.74. The number of carbonyl (C=O) groups excluding carboxylic acids is 1. The van der Waals surface area contributed by atoms with Crippen LogP contribution in [-0.4, -0.2) is 5.91 Å². The van der Waals surface area contributed by atoms with E-state index in [0.29, 0.717) is 0 Å². The average molecular weight is 230 g/mol. The molecule has 1 atom stereocenters. The molecule has 2 nitrogen and oxygen atoms in total. The predicted molar refractivity (Wildman–Crippen MR) is 58.6 cm³/mol. The Labute approximate surface area is 92.3 Å². The van der Waals surface area contributed by atoms with Crippen molar-refractivity contribution in [2.24, 2.45) is 5.92 Å². The summed E-state index contributed by atoms with van der Waals surface area (Å²) >= 11 is 7.34. The summed E-state index contributed by atoms with van der Waals surface area (Å²) < 4.78 is 0.771. The van der Waals surface area contributed by atoms with E-state index >= 15 is 0 Å². The normalized spacial score (nSPS) is 17.9. The van der Waals surface area contributed by atoms with Crippen molar-refractivity contribution in [2.45, 2.75) is 25.8 Å². The van der Waals surface area contributed by atoms with Gasteiger partial charge in [-0.25, -0.2) is 0 Å². The fourth-order valence-corrected chi connectivity index (χ4v) is 2.37. The van der Waals surface area contributed by atoms with Crippen LogP contribution in [0.1, 0.15) is 30.7 Å². The van der Waals surface area contributed by atoms with E-state index in [1.807, 2.05) is 19.1 Å². The summed E-state index contributed by atoms with van der Waals surface area (Å²) in [4.78, 5) is 12.6. The van der Waals surface area contributed by atoms with Gasteiger partial charge in [0.2, 0.25) is 5.91 Å². The molecule has 0 radical (unpaired) electrons. The minimum atomic E-state index is 0.0839. The number of nitrogens with one attached hydrogen (secondary N) is 1. The van der Waals surface area contributed by atoms with Crippen molar-refractivity contribution in [3.8, 4) is 0 Å². The molecular formula is C10H12ClNOS. The highest BCUT2D eigenvalue weighted by atomic mass is 35.5. The minimum Gasteiger partial charge on any atom is -0.349 e. The van der Waals surface area contributed by atoms with Gasteiger partial charge in [-0.2, -0.15) is 0 Å². The Morgan fingerprint density at radius 2 is 2.36 bits per heavy atom. The van der Waals surface area contributed by atoms with Crippen molar-refractivity contribution in [1.82, 2.24) is 5.32 Å². The summed E-state index contributed by atoms with van der Waals surface area (Å²) in [6, 6.07) is 3.91. The highest BCUT2D eigenvalue weighted by Crippen LogP contribution is 2.31. The van der Waals surface area contributed by atoms with Gasteiger partial charge in [0.15, 0.2) is 0 Å². The van der Waals surface area contributed by atoms with E-state index in [4.69, 9.17) is 11.6 Å². The minimum absolute atomic E-state index is 0.0839. The highest BCUT2D eigenvalue weighted by Gasteiger charge is 2.30. The maximum atomic E-state index is 11.5. The van der Waals surface area contributed by atoms with Gasteiger partial charge in [0.25, 0.3) is 0 Å². The Balaban J connectivity index is 1.94. The van der Waals surface area contributed by atoms with Crippen LogP contribution in [0.25, 0.3) is 0 Å². The van der Waals surface area contributed by atoms with Crippen molar-refractivity contribution in [2.75, 3.05) is 0 Å². The van der Waals surface area contributed by atoms with Crippen molar-refractivity contribution in [3.05, 3.63) is 21.3 Å². The molecule has 1 aromatic heterocycles. The van der Waals surface area contributed by atoms with Gasteiger partial charge < -0.3 is 5.32 Å². The van der Waals surface area contributed by atoms with Gasteiger partial charge in [0.05, 0.1) is 10.4 Å². The second kappa shape index (κ2) is 3.91. The molecule has 1 unspecified atom stereocenters. The lowest BCUT2D eigenvalue weighted by molar-refractivity contribution is -0.122. The molecule has 1 aliphatic rings. The molecule has 1 aliphatic carbocycles. The zero-order valence-electron chi connectivity index (χ0n) is 7.92. The van der Waals surface area contributed by atoms with Crippen molar-refractivity contribution >= 4 is 28.8 Å². The van der Waals surface area contributed by atoms with Gasteiger partial charge in [0.1, 0.15) is 0 Å². The lowest BCUT2D eigenvalue weighted by Gasteiger charge is -2.11. The number of hydrogen-bond donors (Lipinski definition) is 1. The largest absolute Gasteiger partial charge is 0.349 e. The lowest BCUT2D eigenvalue weighted by Crippen LogP contribution is -2.27. The van der Waals surface area contributed by atoms with Crippen molar-refractivity contribution in [1.29, 1.82) is 0 Å². The second-order valence-corrected chi connectivity index (χ2v) is 5.39. The van der Waals surface area contributed by atoms with E-state index in [0.717, 1.165) is 22.1 Å². The molecular weight excluding hydrogens is 218 g/mol. The Hall–Kier alpha value is -0.540. The van der Waals surface area contributed by atoms with Crippen LogP contribution in [0.2, 0.25) is 4.34 Å². The molecule has 2 rings (SSSR count). The number of halogens is 1. The van der Waals surface area contributed by atoms with E-state index in [2.05, 4.69) is 5.32 Å². The van der Waals surface area contributed by atoms with Crippen LogP contribution in [-0.2, 0) is 4.79 Å². The summed E-state index contributed by atoms with van der Waals surface area (Å²) in [6.45, 7) is 1.99. The van der Waals surface area contributed by atoms with Crippen LogP contribution >= 0.6 is 22.9 Å². The number of thiophene rings is 1. The van der Waals surface area contributed by atoms with Crippen LogP contribution in [0, 0.1) is 5.92 Å². The Morgan fingerprint density at radius 1 is 1.64 bits per heavy atom. The molecule has 1 N–H and O–H groups in total. The zero-order valence-corrected chi connectivity index (χ0v) is 9.49. The van der Waals surface area contributed by atoms with Gasteiger partial charge in [-0.3, -0.25) is 4.79 Å². The monoisotopic (exact) mass is 229 g/mol. The topological polar surface area (TPSA) is 29.1 Å². The van der Waals surface area contributed by atoms with Crippen molar-refractivity contribution in [3.63, 3.8) is 0 Å². The summed E-state index contributed by atoms with van der Waals surface area (Å²) in [7, 11) is 0. The number of amides is 1. The number of hydrogen-bond acceptors (Lipinski definition) is 2. The quantitative estimate of drug-likeness (QED) is 0.848. The first-order chi connectivity index (χ1) is 6.66. The fourth-order valence-electron chi connectivity index (χ4n) is 1.31. The van der Waals surface area contributed by atoms with Crippen LogP contribution in [0.3, 0.4) is 0 Å². The number of rotatable bonds is 3. The first-order valence-corrected chi connectivity index (χ1v) is 5.92.